The largest absolute Gasteiger partial charge is 0.393 e. The number of nitrogens with two attached hydrogens (primary N) is 1. The average Bonchev–Trinajstić information content (AvgIpc) is 3.05. The van der Waals surface area contributed by atoms with Gasteiger partial charge in [-0.1, -0.05) is 0 Å². The van der Waals surface area contributed by atoms with Crippen molar-refractivity contribution < 1.29 is 5.11 Å². The first-order valence-electron chi connectivity index (χ1n) is 6.71. The highest BCUT2D eigenvalue weighted by Crippen LogP contribution is 2.39. The standard InChI is InChI=1S/C13H20N4O/c1-8(18)10-4-5-17(7-10)12-6-11(14)15-13(16-12)9-2-3-9/h6,8-10,18H,2-5,7H2,1H3,(H2,14,15,16). The molecule has 1 aliphatic carbocycles. The third-order valence-corrected chi connectivity index (χ3v) is 3.92. The molecule has 1 saturated carbocycles. The lowest BCUT2D eigenvalue weighted by molar-refractivity contribution is 0.136. The van der Waals surface area contributed by atoms with Gasteiger partial charge in [0.25, 0.3) is 0 Å². The summed E-state index contributed by atoms with van der Waals surface area (Å²) in [5.41, 5.74) is 5.86. The maximum absolute atomic E-state index is 9.64. The Labute approximate surface area is 107 Å². The minimum atomic E-state index is -0.253. The fourth-order valence-electron chi connectivity index (χ4n) is 2.55. The van der Waals surface area contributed by atoms with Gasteiger partial charge >= 0.3 is 0 Å². The zero-order valence-electron chi connectivity index (χ0n) is 10.7. The zero-order valence-corrected chi connectivity index (χ0v) is 10.7. The lowest BCUT2D eigenvalue weighted by Gasteiger charge is -2.19. The highest BCUT2D eigenvalue weighted by Gasteiger charge is 2.30. The second-order valence-electron chi connectivity index (χ2n) is 5.52. The molecule has 2 aliphatic rings. The minimum Gasteiger partial charge on any atom is -0.393 e. The van der Waals surface area contributed by atoms with Crippen LogP contribution in [0.2, 0.25) is 0 Å². The topological polar surface area (TPSA) is 75.3 Å². The van der Waals surface area contributed by atoms with Crippen molar-refractivity contribution in [3.05, 3.63) is 11.9 Å². The van der Waals surface area contributed by atoms with Gasteiger partial charge < -0.3 is 15.7 Å². The van der Waals surface area contributed by atoms with Gasteiger partial charge in [0.15, 0.2) is 0 Å². The molecule has 3 rings (SSSR count). The number of aromatic nitrogens is 2. The normalized spacial score (nSPS) is 25.4. The molecule has 1 aromatic heterocycles. The van der Waals surface area contributed by atoms with Gasteiger partial charge in [0.2, 0.25) is 0 Å². The van der Waals surface area contributed by atoms with Crippen LogP contribution in [0.15, 0.2) is 6.07 Å². The number of nitrogen functional groups attached to an aromatic ring is 1. The fourth-order valence-corrected chi connectivity index (χ4v) is 2.55. The van der Waals surface area contributed by atoms with Crippen molar-refractivity contribution in [3.63, 3.8) is 0 Å². The summed E-state index contributed by atoms with van der Waals surface area (Å²) >= 11 is 0. The Bertz CT molecular complexity index is 445. The van der Waals surface area contributed by atoms with Crippen LogP contribution in [0.4, 0.5) is 11.6 Å². The molecule has 5 heteroatoms. The maximum atomic E-state index is 9.64. The quantitative estimate of drug-likeness (QED) is 0.839. The summed E-state index contributed by atoms with van der Waals surface area (Å²) in [6, 6.07) is 1.84. The van der Waals surface area contributed by atoms with E-state index in [1.165, 1.54) is 12.8 Å². The monoisotopic (exact) mass is 248 g/mol. The fraction of sp³-hybridized carbons (Fsp3) is 0.692. The van der Waals surface area contributed by atoms with Gasteiger partial charge in [0.05, 0.1) is 6.10 Å². The van der Waals surface area contributed by atoms with Crippen LogP contribution in [-0.2, 0) is 0 Å². The predicted octanol–water partition coefficient (Wildman–Crippen LogP) is 1.14. The summed E-state index contributed by atoms with van der Waals surface area (Å²) in [4.78, 5) is 11.1. The van der Waals surface area contributed by atoms with Gasteiger partial charge in [-0.25, -0.2) is 9.97 Å². The molecule has 0 radical (unpaired) electrons. The van der Waals surface area contributed by atoms with Crippen molar-refractivity contribution in [2.24, 2.45) is 5.92 Å². The molecule has 0 amide bonds. The predicted molar refractivity (Wildman–Crippen MR) is 70.4 cm³/mol. The maximum Gasteiger partial charge on any atom is 0.136 e. The van der Waals surface area contributed by atoms with E-state index in [4.69, 9.17) is 5.73 Å². The van der Waals surface area contributed by atoms with Crippen molar-refractivity contribution in [1.29, 1.82) is 0 Å². The molecule has 2 atom stereocenters. The number of aliphatic hydroxyl groups is 1. The third kappa shape index (κ3) is 2.27. The summed E-state index contributed by atoms with van der Waals surface area (Å²) < 4.78 is 0. The zero-order chi connectivity index (χ0) is 12.7. The second kappa shape index (κ2) is 4.39. The van der Waals surface area contributed by atoms with Gasteiger partial charge in [-0.3, -0.25) is 0 Å². The van der Waals surface area contributed by atoms with Crippen LogP contribution in [0.1, 0.15) is 37.9 Å². The Morgan fingerprint density at radius 2 is 2.17 bits per heavy atom. The summed E-state index contributed by atoms with van der Waals surface area (Å²) in [6.07, 6.45) is 3.12. The van der Waals surface area contributed by atoms with Crippen molar-refractivity contribution >= 4 is 11.6 Å². The lowest BCUT2D eigenvalue weighted by atomic mass is 10.0. The van der Waals surface area contributed by atoms with E-state index in [-0.39, 0.29) is 6.10 Å². The number of anilines is 2. The number of aliphatic hydroxyl groups excluding tert-OH is 1. The Morgan fingerprint density at radius 1 is 1.39 bits per heavy atom. The molecule has 2 heterocycles. The molecule has 1 saturated heterocycles. The molecule has 1 aromatic rings. The summed E-state index contributed by atoms with van der Waals surface area (Å²) in [7, 11) is 0. The smallest absolute Gasteiger partial charge is 0.136 e. The van der Waals surface area contributed by atoms with Crippen LogP contribution in [0, 0.1) is 5.92 Å². The molecule has 3 N–H and O–H groups in total. The summed E-state index contributed by atoms with van der Waals surface area (Å²) in [5.74, 6) is 3.23. The molecule has 18 heavy (non-hydrogen) atoms. The van der Waals surface area contributed by atoms with Crippen molar-refractivity contribution in [3.8, 4) is 0 Å². The molecule has 0 bridgehead atoms. The summed E-state index contributed by atoms with van der Waals surface area (Å²) in [5, 5.41) is 9.64. The molecule has 98 valence electrons. The first-order valence-corrected chi connectivity index (χ1v) is 6.71. The molecule has 1 aliphatic heterocycles. The third-order valence-electron chi connectivity index (χ3n) is 3.92. The van der Waals surface area contributed by atoms with Crippen LogP contribution < -0.4 is 10.6 Å². The Hall–Kier alpha value is -1.36. The van der Waals surface area contributed by atoms with E-state index in [0.29, 0.717) is 17.7 Å². The Balaban J connectivity index is 1.79. The minimum absolute atomic E-state index is 0.253. The molecule has 2 fully saturated rings. The number of hydrogen-bond acceptors (Lipinski definition) is 5. The van der Waals surface area contributed by atoms with E-state index in [9.17, 15) is 5.11 Å². The first-order chi connectivity index (χ1) is 8.63. The Morgan fingerprint density at radius 3 is 2.78 bits per heavy atom. The highest BCUT2D eigenvalue weighted by atomic mass is 16.3. The second-order valence-corrected chi connectivity index (χ2v) is 5.52. The van der Waals surface area contributed by atoms with Crippen LogP contribution in [0.5, 0.6) is 0 Å². The number of rotatable bonds is 3. The van der Waals surface area contributed by atoms with Gasteiger partial charge in [-0.05, 0) is 26.2 Å². The van der Waals surface area contributed by atoms with Crippen LogP contribution >= 0.6 is 0 Å². The van der Waals surface area contributed by atoms with Crippen LogP contribution in [0.3, 0.4) is 0 Å². The van der Waals surface area contributed by atoms with Crippen LogP contribution in [-0.4, -0.2) is 34.3 Å². The van der Waals surface area contributed by atoms with Crippen molar-refractivity contribution in [2.75, 3.05) is 23.7 Å². The van der Waals surface area contributed by atoms with E-state index in [1.54, 1.807) is 0 Å². The first kappa shape index (κ1) is 11.7. The van der Waals surface area contributed by atoms with E-state index in [0.717, 1.165) is 31.2 Å². The van der Waals surface area contributed by atoms with Crippen LogP contribution in [0.25, 0.3) is 0 Å². The van der Waals surface area contributed by atoms with Gasteiger partial charge in [-0.2, -0.15) is 0 Å². The van der Waals surface area contributed by atoms with E-state index in [1.807, 2.05) is 13.0 Å². The van der Waals surface area contributed by atoms with Gasteiger partial charge in [-0.15, -0.1) is 0 Å². The van der Waals surface area contributed by atoms with E-state index in [2.05, 4.69) is 14.9 Å². The highest BCUT2D eigenvalue weighted by molar-refractivity contribution is 5.48. The van der Waals surface area contributed by atoms with E-state index >= 15 is 0 Å². The molecular weight excluding hydrogens is 228 g/mol. The van der Waals surface area contributed by atoms with Crippen molar-refractivity contribution in [1.82, 2.24) is 9.97 Å². The molecule has 0 spiro atoms. The molecular formula is C13H20N4O. The lowest BCUT2D eigenvalue weighted by Crippen LogP contribution is -2.25. The molecule has 2 unspecified atom stereocenters. The Kier molecular flexibility index (Phi) is 2.86. The number of hydrogen-bond donors (Lipinski definition) is 2. The van der Waals surface area contributed by atoms with Gasteiger partial charge in [0.1, 0.15) is 17.5 Å². The SMILES string of the molecule is CC(O)C1CCN(c2cc(N)nc(C3CC3)n2)C1. The average molecular weight is 248 g/mol. The van der Waals surface area contributed by atoms with E-state index < -0.39 is 0 Å². The molecule has 0 aromatic carbocycles. The van der Waals surface area contributed by atoms with Crippen molar-refractivity contribution in [2.45, 2.75) is 38.2 Å². The van der Waals surface area contributed by atoms with Gasteiger partial charge in [0, 0.05) is 31.0 Å². The molecule has 5 nitrogen and oxygen atoms in total. The number of nitrogens with zero attached hydrogens (tertiary/aromatic N) is 3. The summed E-state index contributed by atoms with van der Waals surface area (Å²) in [6.45, 7) is 3.66.